The van der Waals surface area contributed by atoms with E-state index in [2.05, 4.69) is 4.98 Å². The maximum atomic E-state index is 13.4. The molecule has 2 saturated heterocycles. The van der Waals surface area contributed by atoms with Crippen LogP contribution in [-0.2, 0) is 14.8 Å². The van der Waals surface area contributed by atoms with Gasteiger partial charge in [-0.1, -0.05) is 25.0 Å². The predicted octanol–water partition coefficient (Wildman–Crippen LogP) is 2.80. The Morgan fingerprint density at radius 3 is 2.55 bits per heavy atom. The van der Waals surface area contributed by atoms with Crippen molar-refractivity contribution in [2.24, 2.45) is 0 Å². The zero-order chi connectivity index (χ0) is 21.8. The maximum Gasteiger partial charge on any atom is 0.270 e. The zero-order valence-corrected chi connectivity index (χ0v) is 18.6. The number of nitrogens with zero attached hydrogens (tertiary/aromatic N) is 2. The van der Waals surface area contributed by atoms with Gasteiger partial charge >= 0.3 is 0 Å². The molecule has 8 nitrogen and oxygen atoms in total. The molecule has 2 aliphatic heterocycles. The number of benzene rings is 1. The SMILES string of the molecule is COc1ccc([C@H]2CCCCCN2C(=O)c2cc(S(=O)(=O)N3CCOCC3)c[nH]2)cc1. The fourth-order valence-electron chi connectivity index (χ4n) is 4.26. The largest absolute Gasteiger partial charge is 0.497 e. The van der Waals surface area contributed by atoms with Crippen molar-refractivity contribution < 1.29 is 22.7 Å². The van der Waals surface area contributed by atoms with Crippen molar-refractivity contribution >= 4 is 15.9 Å². The maximum absolute atomic E-state index is 13.4. The van der Waals surface area contributed by atoms with Crippen LogP contribution in [0.25, 0.3) is 0 Å². The lowest BCUT2D eigenvalue weighted by atomic mass is 10.0. The first-order valence-corrected chi connectivity index (χ1v) is 12.2. The second kappa shape index (κ2) is 9.42. The number of H-pyrrole nitrogens is 1. The molecular formula is C22H29N3O5S. The van der Waals surface area contributed by atoms with Crippen LogP contribution in [0.2, 0.25) is 0 Å². The van der Waals surface area contributed by atoms with E-state index in [0.717, 1.165) is 37.0 Å². The normalized spacial score (nSPS) is 20.9. The van der Waals surface area contributed by atoms with Crippen LogP contribution < -0.4 is 4.74 Å². The molecule has 1 aromatic carbocycles. The van der Waals surface area contributed by atoms with Crippen LogP contribution in [0.3, 0.4) is 0 Å². The summed E-state index contributed by atoms with van der Waals surface area (Å²) in [5.74, 6) is 0.601. The molecule has 3 heterocycles. The minimum Gasteiger partial charge on any atom is -0.497 e. The average Bonchev–Trinajstić information content (AvgIpc) is 3.19. The molecule has 0 bridgehead atoms. The number of aromatic amines is 1. The number of sulfonamides is 1. The van der Waals surface area contributed by atoms with Crippen LogP contribution in [0.1, 0.15) is 47.8 Å². The number of aromatic nitrogens is 1. The highest BCUT2D eigenvalue weighted by Crippen LogP contribution is 2.32. The molecule has 168 valence electrons. The lowest BCUT2D eigenvalue weighted by molar-refractivity contribution is 0.0675. The summed E-state index contributed by atoms with van der Waals surface area (Å²) < 4.78 is 37.7. The van der Waals surface area contributed by atoms with Gasteiger partial charge in [0.1, 0.15) is 16.3 Å². The highest BCUT2D eigenvalue weighted by Gasteiger charge is 2.31. The molecule has 1 N–H and O–H groups in total. The molecule has 0 unspecified atom stereocenters. The molecule has 2 fully saturated rings. The molecule has 9 heteroatoms. The molecule has 1 amide bonds. The number of ether oxygens (including phenoxy) is 2. The summed E-state index contributed by atoms with van der Waals surface area (Å²) in [4.78, 5) is 18.3. The third-order valence-corrected chi connectivity index (χ3v) is 7.89. The molecule has 0 radical (unpaired) electrons. The fourth-order valence-corrected chi connectivity index (χ4v) is 5.66. The number of likely N-dealkylation sites (tertiary alicyclic amines) is 1. The standard InChI is InChI=1S/C22H29N3O5S/c1-29-18-8-6-17(7-9-18)21-5-3-2-4-10-25(21)22(26)20-15-19(16-23-20)31(27,28)24-11-13-30-14-12-24/h6-9,15-16,21,23H,2-5,10-14H2,1H3/t21-/m1/s1. The van der Waals surface area contributed by atoms with E-state index in [1.54, 1.807) is 7.11 Å². The molecule has 0 saturated carbocycles. The van der Waals surface area contributed by atoms with Crippen molar-refractivity contribution in [3.8, 4) is 5.75 Å². The summed E-state index contributed by atoms with van der Waals surface area (Å²) in [6, 6.07) is 9.22. The van der Waals surface area contributed by atoms with Crippen LogP contribution in [0.15, 0.2) is 41.4 Å². The Bertz CT molecular complexity index is 996. The molecular weight excluding hydrogens is 418 g/mol. The summed E-state index contributed by atoms with van der Waals surface area (Å²) in [6.07, 6.45) is 5.33. The van der Waals surface area contributed by atoms with Gasteiger partial charge in [0.05, 0.1) is 26.4 Å². The summed E-state index contributed by atoms with van der Waals surface area (Å²) >= 11 is 0. The van der Waals surface area contributed by atoms with E-state index in [0.29, 0.717) is 38.5 Å². The number of carbonyl (C=O) groups is 1. The minimum absolute atomic E-state index is 0.0523. The lowest BCUT2D eigenvalue weighted by Gasteiger charge is -2.30. The number of hydrogen-bond acceptors (Lipinski definition) is 5. The van der Waals surface area contributed by atoms with E-state index in [9.17, 15) is 13.2 Å². The van der Waals surface area contributed by atoms with Gasteiger partial charge in [0.2, 0.25) is 10.0 Å². The van der Waals surface area contributed by atoms with Gasteiger partial charge in [-0.25, -0.2) is 8.42 Å². The molecule has 1 aromatic heterocycles. The first kappa shape index (κ1) is 21.9. The van der Waals surface area contributed by atoms with Crippen LogP contribution in [-0.4, -0.2) is 68.5 Å². The summed E-state index contributed by atoms with van der Waals surface area (Å²) in [5, 5.41) is 0. The number of rotatable bonds is 5. The van der Waals surface area contributed by atoms with E-state index in [4.69, 9.17) is 9.47 Å². The predicted molar refractivity (Wildman–Crippen MR) is 116 cm³/mol. The number of amides is 1. The fraction of sp³-hybridized carbons (Fsp3) is 0.500. The Kier molecular flexibility index (Phi) is 6.64. The van der Waals surface area contributed by atoms with Gasteiger partial charge in [-0.15, -0.1) is 0 Å². The molecule has 31 heavy (non-hydrogen) atoms. The quantitative estimate of drug-likeness (QED) is 0.761. The van der Waals surface area contributed by atoms with Crippen molar-refractivity contribution in [1.29, 1.82) is 0 Å². The van der Waals surface area contributed by atoms with Crippen LogP contribution in [0, 0.1) is 0 Å². The highest BCUT2D eigenvalue weighted by atomic mass is 32.2. The van der Waals surface area contributed by atoms with Crippen LogP contribution in [0.5, 0.6) is 5.75 Å². The Hall–Kier alpha value is -2.36. The van der Waals surface area contributed by atoms with Crippen molar-refractivity contribution in [3.63, 3.8) is 0 Å². The van der Waals surface area contributed by atoms with Crippen molar-refractivity contribution in [2.45, 2.75) is 36.6 Å². The number of morpholine rings is 1. The van der Waals surface area contributed by atoms with Crippen molar-refractivity contribution in [2.75, 3.05) is 40.0 Å². The third kappa shape index (κ3) is 4.63. The minimum atomic E-state index is -3.65. The van der Waals surface area contributed by atoms with E-state index < -0.39 is 10.0 Å². The van der Waals surface area contributed by atoms with E-state index in [1.165, 1.54) is 16.6 Å². The van der Waals surface area contributed by atoms with Crippen molar-refractivity contribution in [3.05, 3.63) is 47.8 Å². The molecule has 1 atom stereocenters. The van der Waals surface area contributed by atoms with E-state index >= 15 is 0 Å². The lowest BCUT2D eigenvalue weighted by Crippen LogP contribution is -2.40. The van der Waals surface area contributed by atoms with Gasteiger partial charge in [0.25, 0.3) is 5.91 Å². The average molecular weight is 448 g/mol. The van der Waals surface area contributed by atoms with Gasteiger partial charge in [-0.05, 0) is 36.6 Å². The Morgan fingerprint density at radius 2 is 1.84 bits per heavy atom. The van der Waals surface area contributed by atoms with Crippen LogP contribution >= 0.6 is 0 Å². The third-order valence-electron chi connectivity index (χ3n) is 6.01. The monoisotopic (exact) mass is 447 g/mol. The Labute approximate surface area is 183 Å². The van der Waals surface area contributed by atoms with Crippen LogP contribution in [0.4, 0.5) is 0 Å². The highest BCUT2D eigenvalue weighted by molar-refractivity contribution is 7.89. The molecule has 4 rings (SSSR count). The van der Waals surface area contributed by atoms with E-state index in [-0.39, 0.29) is 16.8 Å². The second-order valence-corrected chi connectivity index (χ2v) is 9.84. The smallest absolute Gasteiger partial charge is 0.270 e. The Balaban J connectivity index is 1.57. The summed E-state index contributed by atoms with van der Waals surface area (Å²) in [6.45, 7) is 2.05. The number of methoxy groups -OCH3 is 1. The van der Waals surface area contributed by atoms with Gasteiger partial charge in [0, 0.05) is 25.8 Å². The molecule has 2 aromatic rings. The Morgan fingerprint density at radius 1 is 1.10 bits per heavy atom. The van der Waals surface area contributed by atoms with Crippen molar-refractivity contribution in [1.82, 2.24) is 14.2 Å². The summed E-state index contributed by atoms with van der Waals surface area (Å²) in [7, 11) is -2.02. The molecule has 0 aliphatic carbocycles. The van der Waals surface area contributed by atoms with Gasteiger partial charge < -0.3 is 19.4 Å². The molecule has 2 aliphatic rings. The van der Waals surface area contributed by atoms with Gasteiger partial charge in [-0.2, -0.15) is 4.31 Å². The first-order chi connectivity index (χ1) is 15.0. The topological polar surface area (TPSA) is 91.9 Å². The van der Waals surface area contributed by atoms with E-state index in [1.807, 2.05) is 29.2 Å². The van der Waals surface area contributed by atoms with Gasteiger partial charge in [-0.3, -0.25) is 4.79 Å². The summed E-state index contributed by atoms with van der Waals surface area (Å²) in [5.41, 5.74) is 1.36. The first-order valence-electron chi connectivity index (χ1n) is 10.7. The number of carbonyl (C=O) groups excluding carboxylic acids is 1. The number of nitrogens with one attached hydrogen (secondary N) is 1. The molecule has 0 spiro atoms. The number of hydrogen-bond donors (Lipinski definition) is 1. The second-order valence-electron chi connectivity index (χ2n) is 7.90. The van der Waals surface area contributed by atoms with Gasteiger partial charge in [0.15, 0.2) is 0 Å². The zero-order valence-electron chi connectivity index (χ0n) is 17.7.